The highest BCUT2D eigenvalue weighted by Gasteiger charge is 2.15. The second-order valence-corrected chi connectivity index (χ2v) is 3.16. The van der Waals surface area contributed by atoms with Gasteiger partial charge in [-0.05, 0) is 12.1 Å². The number of azide groups is 1. The van der Waals surface area contributed by atoms with Crippen LogP contribution in [0.3, 0.4) is 0 Å². The number of anilines is 1. The van der Waals surface area contributed by atoms with Gasteiger partial charge in [0, 0.05) is 5.22 Å². The molecule has 0 spiro atoms. The van der Waals surface area contributed by atoms with Gasteiger partial charge >= 0.3 is 0 Å². The number of nitrogens with zero attached hydrogens (tertiary/aromatic N) is 5. The summed E-state index contributed by atoms with van der Waals surface area (Å²) < 4.78 is 22.0. The van der Waals surface area contributed by atoms with E-state index >= 15 is 0 Å². The molecule has 0 unspecified atom stereocenters. The summed E-state index contributed by atoms with van der Waals surface area (Å²) in [6.07, 6.45) is 0. The van der Waals surface area contributed by atoms with Crippen LogP contribution in [0.2, 0.25) is 0 Å². The smallest absolute Gasteiger partial charge is 0.204 e. The molecule has 15 heavy (non-hydrogen) atoms. The fraction of sp³-hybridized carbons (Fsp3) is 0. The lowest BCUT2D eigenvalue weighted by molar-refractivity contribution is 0.611. The Balaban J connectivity index is 3.33. The first-order valence-electron chi connectivity index (χ1n) is 3.66. The molecule has 9 heteroatoms. The third-order valence-electron chi connectivity index (χ3n) is 1.50. The minimum absolute atomic E-state index is 0.0430. The third kappa shape index (κ3) is 2.42. The van der Waals surface area contributed by atoms with E-state index in [-0.39, 0.29) is 11.4 Å². The van der Waals surface area contributed by atoms with Crippen LogP contribution in [0.1, 0.15) is 0 Å². The molecule has 0 amide bonds. The van der Waals surface area contributed by atoms with Gasteiger partial charge < -0.3 is 0 Å². The summed E-state index contributed by atoms with van der Waals surface area (Å²) in [7, 11) is -3.10. The highest BCUT2D eigenvalue weighted by molar-refractivity contribution is 7.74. The van der Waals surface area contributed by atoms with Gasteiger partial charge in [-0.15, -0.1) is 9.95 Å². The normalized spacial score (nSPS) is 9.40. The molecule has 0 aromatic heterocycles. The van der Waals surface area contributed by atoms with Crippen molar-refractivity contribution < 1.29 is 8.42 Å². The van der Waals surface area contributed by atoms with E-state index < -0.39 is 10.9 Å². The summed E-state index contributed by atoms with van der Waals surface area (Å²) in [5.41, 5.74) is 15.1. The Morgan fingerprint density at radius 3 is 2.60 bits per heavy atom. The Morgan fingerprint density at radius 1 is 1.40 bits per heavy atom. The second-order valence-electron chi connectivity index (χ2n) is 2.31. The summed E-state index contributed by atoms with van der Waals surface area (Å²) in [4.78, 5) is 2.37. The van der Waals surface area contributed by atoms with Crippen molar-refractivity contribution in [2.24, 2.45) is 10.3 Å². The molecule has 0 aliphatic carbocycles. The molecule has 0 radical (unpaired) electrons. The monoisotopic (exact) mass is 226 g/mol. The number of nitrogens with one attached hydrogen (secondary N) is 1. The molecular weight excluding hydrogens is 220 g/mol. The topological polar surface area (TPSA) is 122 Å². The van der Waals surface area contributed by atoms with Crippen LogP contribution in [-0.2, 0) is 10.9 Å². The highest BCUT2D eigenvalue weighted by atomic mass is 32.2. The van der Waals surface area contributed by atoms with Crippen LogP contribution < -0.4 is 4.41 Å². The van der Waals surface area contributed by atoms with E-state index in [2.05, 4.69) is 15.2 Å². The van der Waals surface area contributed by atoms with Gasteiger partial charge in [0.15, 0.2) is 5.69 Å². The molecule has 0 atom stereocenters. The van der Waals surface area contributed by atoms with Crippen LogP contribution in [0.25, 0.3) is 10.4 Å². The fourth-order valence-corrected chi connectivity index (χ4v) is 1.38. The SMILES string of the molecule is [N-]=[N+]=NN(c1ccccc1N=N)[SH](=O)=O. The Hall–Kier alpha value is -2.12. The van der Waals surface area contributed by atoms with Crippen molar-refractivity contribution in [1.29, 1.82) is 5.53 Å². The maximum atomic E-state index is 10.8. The van der Waals surface area contributed by atoms with Gasteiger partial charge in [-0.1, -0.05) is 12.1 Å². The van der Waals surface area contributed by atoms with E-state index in [4.69, 9.17) is 11.1 Å². The Kier molecular flexibility index (Phi) is 3.61. The molecule has 0 bridgehead atoms. The van der Waals surface area contributed by atoms with Crippen molar-refractivity contribution in [3.05, 3.63) is 34.7 Å². The van der Waals surface area contributed by atoms with Crippen molar-refractivity contribution in [2.75, 3.05) is 4.41 Å². The van der Waals surface area contributed by atoms with E-state index in [1.165, 1.54) is 12.1 Å². The Morgan fingerprint density at radius 2 is 2.07 bits per heavy atom. The highest BCUT2D eigenvalue weighted by Crippen LogP contribution is 2.28. The van der Waals surface area contributed by atoms with Crippen LogP contribution in [0.5, 0.6) is 0 Å². The van der Waals surface area contributed by atoms with E-state index in [1.54, 1.807) is 12.1 Å². The van der Waals surface area contributed by atoms with Crippen LogP contribution in [-0.4, -0.2) is 8.42 Å². The number of hydrogen-bond donors (Lipinski definition) is 2. The van der Waals surface area contributed by atoms with E-state index in [0.717, 1.165) is 0 Å². The van der Waals surface area contributed by atoms with Crippen LogP contribution in [0.15, 0.2) is 34.6 Å². The molecule has 1 rings (SSSR count). The second kappa shape index (κ2) is 4.94. The van der Waals surface area contributed by atoms with Crippen molar-refractivity contribution >= 4 is 22.3 Å². The predicted octanol–water partition coefficient (Wildman–Crippen LogP) is 1.91. The van der Waals surface area contributed by atoms with Gasteiger partial charge in [0.05, 0.1) is 0 Å². The predicted molar refractivity (Wildman–Crippen MR) is 53.2 cm³/mol. The molecule has 1 aromatic rings. The maximum absolute atomic E-state index is 10.8. The zero-order valence-electron chi connectivity index (χ0n) is 7.31. The quantitative estimate of drug-likeness (QED) is 0.268. The van der Waals surface area contributed by atoms with Gasteiger partial charge in [-0.2, -0.15) is 18.4 Å². The zero-order valence-corrected chi connectivity index (χ0v) is 8.20. The number of para-hydroxylation sites is 2. The average Bonchev–Trinajstić information content (AvgIpc) is 2.25. The Bertz CT molecular complexity index is 484. The molecule has 1 N–H and O–H groups in total. The third-order valence-corrected chi connectivity index (χ3v) is 2.10. The van der Waals surface area contributed by atoms with E-state index in [1.807, 2.05) is 0 Å². The average molecular weight is 226 g/mol. The minimum atomic E-state index is -3.10. The standard InChI is InChI=1S/C6H6N6O2S/c7-9-5-3-1-2-4-6(5)12(11-10-8)15(13)14/h1-4,7,15H. The first-order valence-corrected chi connectivity index (χ1v) is 4.79. The summed E-state index contributed by atoms with van der Waals surface area (Å²) in [6.45, 7) is 0. The summed E-state index contributed by atoms with van der Waals surface area (Å²) >= 11 is 0. The molecule has 0 saturated carbocycles. The van der Waals surface area contributed by atoms with Gasteiger partial charge in [0.1, 0.15) is 5.69 Å². The van der Waals surface area contributed by atoms with Crippen LogP contribution in [0.4, 0.5) is 11.4 Å². The fourth-order valence-electron chi connectivity index (χ4n) is 0.935. The molecule has 1 aromatic carbocycles. The van der Waals surface area contributed by atoms with E-state index in [9.17, 15) is 8.42 Å². The summed E-state index contributed by atoms with van der Waals surface area (Å²) in [5, 5.41) is 6.09. The Labute approximate surface area is 86.3 Å². The zero-order chi connectivity index (χ0) is 11.3. The molecule has 0 aliphatic rings. The molecular formula is C6H6N6O2S. The molecule has 0 aliphatic heterocycles. The van der Waals surface area contributed by atoms with Crippen LogP contribution >= 0.6 is 0 Å². The molecule has 0 fully saturated rings. The first-order chi connectivity index (χ1) is 7.20. The van der Waals surface area contributed by atoms with Crippen molar-refractivity contribution in [1.82, 2.24) is 0 Å². The molecule has 0 saturated heterocycles. The summed E-state index contributed by atoms with van der Waals surface area (Å²) in [6, 6.07) is 5.94. The maximum Gasteiger partial charge on any atom is 0.298 e. The number of hydrogen-bond acceptors (Lipinski definition) is 5. The lowest BCUT2D eigenvalue weighted by atomic mass is 10.3. The van der Waals surface area contributed by atoms with Gasteiger partial charge in [-0.3, -0.25) is 0 Å². The molecule has 78 valence electrons. The van der Waals surface area contributed by atoms with Crippen molar-refractivity contribution in [2.45, 2.75) is 0 Å². The largest absolute Gasteiger partial charge is 0.298 e. The van der Waals surface area contributed by atoms with E-state index in [0.29, 0.717) is 4.41 Å². The molecule has 0 heterocycles. The van der Waals surface area contributed by atoms with Crippen LogP contribution in [0, 0.1) is 5.53 Å². The van der Waals surface area contributed by atoms with Gasteiger partial charge in [-0.25, -0.2) is 5.53 Å². The van der Waals surface area contributed by atoms with Gasteiger partial charge in [0.2, 0.25) is 0 Å². The summed E-state index contributed by atoms with van der Waals surface area (Å²) in [5.74, 6) is 0. The lowest BCUT2D eigenvalue weighted by Gasteiger charge is -2.06. The van der Waals surface area contributed by atoms with Gasteiger partial charge in [0.25, 0.3) is 10.9 Å². The van der Waals surface area contributed by atoms with Crippen molar-refractivity contribution in [3.8, 4) is 0 Å². The number of rotatable bonds is 4. The molecule has 8 nitrogen and oxygen atoms in total. The minimum Gasteiger partial charge on any atom is -0.204 e. The van der Waals surface area contributed by atoms with Crippen molar-refractivity contribution in [3.63, 3.8) is 0 Å². The number of thiol groups is 1. The number of benzene rings is 1. The first kappa shape index (κ1) is 11.0. The lowest BCUT2D eigenvalue weighted by Crippen LogP contribution is -2.12.